The molecule has 0 bridgehead atoms. The fraction of sp³-hybridized carbons (Fsp3) is 0.600. The summed E-state index contributed by atoms with van der Waals surface area (Å²) in [5.41, 5.74) is 7.75. The molecular weight excluding hydrogens is 224 g/mol. The Morgan fingerprint density at radius 1 is 1.50 bits per heavy atom. The van der Waals surface area contributed by atoms with Crippen molar-refractivity contribution in [2.24, 2.45) is 0 Å². The fourth-order valence-corrected chi connectivity index (χ4v) is 2.48. The maximum atomic E-state index is 6.02. The van der Waals surface area contributed by atoms with Gasteiger partial charge in [-0.1, -0.05) is 6.92 Å². The summed E-state index contributed by atoms with van der Waals surface area (Å²) in [5.74, 6) is 0.959. The first-order valence-corrected chi connectivity index (χ1v) is 6.76. The lowest BCUT2D eigenvalue weighted by Crippen LogP contribution is -2.41. The van der Waals surface area contributed by atoms with E-state index in [1.807, 2.05) is 18.2 Å². The Morgan fingerprint density at radius 3 is 2.89 bits per heavy atom. The summed E-state index contributed by atoms with van der Waals surface area (Å²) < 4.78 is 6.02. The van der Waals surface area contributed by atoms with E-state index in [1.165, 1.54) is 5.56 Å². The topological polar surface area (TPSA) is 47.3 Å². The van der Waals surface area contributed by atoms with Gasteiger partial charge >= 0.3 is 0 Å². The SMILES string of the molecule is CCC(C)NC1CC(C)(C)Oc2ccc(N)cc21. The number of rotatable bonds is 3. The number of fused-ring (bicyclic) bond motifs is 1. The number of anilines is 1. The number of nitrogens with one attached hydrogen (secondary N) is 1. The highest BCUT2D eigenvalue weighted by molar-refractivity contribution is 5.50. The molecule has 0 aromatic heterocycles. The van der Waals surface area contributed by atoms with Gasteiger partial charge < -0.3 is 15.8 Å². The second-order valence-electron chi connectivity index (χ2n) is 5.89. The van der Waals surface area contributed by atoms with Crippen LogP contribution in [0.1, 0.15) is 52.1 Å². The summed E-state index contributed by atoms with van der Waals surface area (Å²) in [6.45, 7) is 8.69. The van der Waals surface area contributed by atoms with Gasteiger partial charge in [-0.3, -0.25) is 0 Å². The second kappa shape index (κ2) is 4.81. The Bertz CT molecular complexity index is 429. The summed E-state index contributed by atoms with van der Waals surface area (Å²) in [7, 11) is 0. The van der Waals surface area contributed by atoms with Crippen LogP contribution >= 0.6 is 0 Å². The average Bonchev–Trinajstić information content (AvgIpc) is 2.29. The quantitative estimate of drug-likeness (QED) is 0.807. The summed E-state index contributed by atoms with van der Waals surface area (Å²) in [4.78, 5) is 0. The Hall–Kier alpha value is -1.22. The van der Waals surface area contributed by atoms with Crippen LogP contribution in [0.3, 0.4) is 0 Å². The van der Waals surface area contributed by atoms with Gasteiger partial charge in [0.2, 0.25) is 0 Å². The van der Waals surface area contributed by atoms with Crippen molar-refractivity contribution in [1.82, 2.24) is 5.32 Å². The van der Waals surface area contributed by atoms with E-state index in [-0.39, 0.29) is 5.60 Å². The summed E-state index contributed by atoms with van der Waals surface area (Å²) in [6.07, 6.45) is 2.09. The van der Waals surface area contributed by atoms with Crippen molar-refractivity contribution in [1.29, 1.82) is 0 Å². The Kier molecular flexibility index (Phi) is 3.53. The minimum atomic E-state index is -0.131. The molecule has 1 aliphatic heterocycles. The minimum absolute atomic E-state index is 0.131. The van der Waals surface area contributed by atoms with Crippen LogP contribution in [0.4, 0.5) is 5.69 Å². The van der Waals surface area contributed by atoms with Crippen molar-refractivity contribution in [2.45, 2.75) is 58.2 Å². The highest BCUT2D eigenvalue weighted by Crippen LogP contribution is 2.40. The van der Waals surface area contributed by atoms with Crippen molar-refractivity contribution in [3.63, 3.8) is 0 Å². The molecule has 3 nitrogen and oxygen atoms in total. The van der Waals surface area contributed by atoms with Gasteiger partial charge in [-0.15, -0.1) is 0 Å². The second-order valence-corrected chi connectivity index (χ2v) is 5.89. The number of benzene rings is 1. The van der Waals surface area contributed by atoms with Gasteiger partial charge in [-0.2, -0.15) is 0 Å². The number of hydrogen-bond donors (Lipinski definition) is 2. The normalized spacial score (nSPS) is 23.0. The van der Waals surface area contributed by atoms with Gasteiger partial charge in [-0.05, 0) is 45.4 Å². The molecule has 0 fully saturated rings. The molecule has 1 aliphatic rings. The van der Waals surface area contributed by atoms with Crippen LogP contribution in [-0.4, -0.2) is 11.6 Å². The average molecular weight is 248 g/mol. The van der Waals surface area contributed by atoms with E-state index in [0.717, 1.165) is 24.3 Å². The molecule has 0 aliphatic carbocycles. The Morgan fingerprint density at radius 2 is 2.22 bits per heavy atom. The Balaban J connectivity index is 2.32. The van der Waals surface area contributed by atoms with E-state index in [9.17, 15) is 0 Å². The number of ether oxygens (including phenoxy) is 1. The van der Waals surface area contributed by atoms with E-state index in [0.29, 0.717) is 12.1 Å². The fourth-order valence-electron chi connectivity index (χ4n) is 2.48. The molecular formula is C15H24N2O. The molecule has 1 heterocycles. The molecule has 1 aromatic rings. The van der Waals surface area contributed by atoms with Gasteiger partial charge in [0.05, 0.1) is 0 Å². The van der Waals surface area contributed by atoms with Crippen molar-refractivity contribution in [2.75, 3.05) is 5.73 Å². The van der Waals surface area contributed by atoms with Crippen LogP contribution in [0, 0.1) is 0 Å². The maximum Gasteiger partial charge on any atom is 0.125 e. The molecule has 100 valence electrons. The number of nitrogen functional groups attached to an aromatic ring is 1. The monoisotopic (exact) mass is 248 g/mol. The smallest absolute Gasteiger partial charge is 0.125 e. The van der Waals surface area contributed by atoms with Crippen LogP contribution in [0.2, 0.25) is 0 Å². The Labute approximate surface area is 110 Å². The first-order valence-electron chi connectivity index (χ1n) is 6.76. The van der Waals surface area contributed by atoms with Crippen molar-refractivity contribution < 1.29 is 4.74 Å². The third kappa shape index (κ3) is 2.78. The first kappa shape index (κ1) is 13.2. The van der Waals surface area contributed by atoms with Crippen LogP contribution < -0.4 is 15.8 Å². The molecule has 3 heteroatoms. The zero-order valence-electron chi connectivity index (χ0n) is 11.8. The highest BCUT2D eigenvalue weighted by Gasteiger charge is 2.34. The zero-order chi connectivity index (χ0) is 13.3. The maximum absolute atomic E-state index is 6.02. The van der Waals surface area contributed by atoms with Crippen molar-refractivity contribution in [3.8, 4) is 5.75 Å². The van der Waals surface area contributed by atoms with E-state index in [1.54, 1.807) is 0 Å². The molecule has 2 rings (SSSR count). The molecule has 3 N–H and O–H groups in total. The third-order valence-electron chi connectivity index (χ3n) is 3.59. The molecule has 2 atom stereocenters. The highest BCUT2D eigenvalue weighted by atomic mass is 16.5. The molecule has 0 saturated carbocycles. The predicted molar refractivity (Wildman–Crippen MR) is 75.8 cm³/mol. The van der Waals surface area contributed by atoms with Crippen molar-refractivity contribution >= 4 is 5.69 Å². The van der Waals surface area contributed by atoms with Gasteiger partial charge in [-0.25, -0.2) is 0 Å². The lowest BCUT2D eigenvalue weighted by Gasteiger charge is -2.39. The van der Waals surface area contributed by atoms with Gasteiger partial charge in [0.25, 0.3) is 0 Å². The zero-order valence-corrected chi connectivity index (χ0v) is 11.8. The molecule has 2 unspecified atom stereocenters. The van der Waals surface area contributed by atoms with Crippen LogP contribution in [0.5, 0.6) is 5.75 Å². The summed E-state index contributed by atoms with van der Waals surface area (Å²) >= 11 is 0. The lowest BCUT2D eigenvalue weighted by atomic mass is 9.89. The van der Waals surface area contributed by atoms with E-state index in [4.69, 9.17) is 10.5 Å². The molecule has 0 spiro atoms. The van der Waals surface area contributed by atoms with Crippen LogP contribution in [0.15, 0.2) is 18.2 Å². The van der Waals surface area contributed by atoms with E-state index in [2.05, 4.69) is 33.0 Å². The standard InChI is InChI=1S/C15H24N2O/c1-5-10(2)17-13-9-15(3,4)18-14-7-6-11(16)8-12(13)14/h6-8,10,13,17H,5,9,16H2,1-4H3. The van der Waals surface area contributed by atoms with Crippen molar-refractivity contribution in [3.05, 3.63) is 23.8 Å². The predicted octanol–water partition coefficient (Wildman–Crippen LogP) is 3.26. The van der Waals surface area contributed by atoms with Gasteiger partial charge in [0.1, 0.15) is 11.4 Å². The largest absolute Gasteiger partial charge is 0.487 e. The summed E-state index contributed by atoms with van der Waals surface area (Å²) in [6, 6.07) is 6.74. The number of nitrogens with two attached hydrogens (primary N) is 1. The molecule has 0 saturated heterocycles. The molecule has 18 heavy (non-hydrogen) atoms. The minimum Gasteiger partial charge on any atom is -0.487 e. The van der Waals surface area contributed by atoms with E-state index < -0.39 is 0 Å². The lowest BCUT2D eigenvalue weighted by molar-refractivity contribution is 0.0640. The van der Waals surface area contributed by atoms with Crippen LogP contribution in [0.25, 0.3) is 0 Å². The third-order valence-corrected chi connectivity index (χ3v) is 3.59. The molecule has 1 aromatic carbocycles. The number of hydrogen-bond acceptors (Lipinski definition) is 3. The molecule has 0 radical (unpaired) electrons. The van der Waals surface area contributed by atoms with E-state index >= 15 is 0 Å². The van der Waals surface area contributed by atoms with Gasteiger partial charge in [0, 0.05) is 29.8 Å². The molecule has 0 amide bonds. The first-order chi connectivity index (χ1) is 8.41. The van der Waals surface area contributed by atoms with Gasteiger partial charge in [0.15, 0.2) is 0 Å². The summed E-state index contributed by atoms with van der Waals surface area (Å²) in [5, 5.41) is 3.67. The van der Waals surface area contributed by atoms with Crippen LogP contribution in [-0.2, 0) is 0 Å².